The van der Waals surface area contributed by atoms with Gasteiger partial charge in [0, 0.05) is 10.8 Å². The maximum atomic E-state index is 12.5. The van der Waals surface area contributed by atoms with Crippen molar-refractivity contribution in [3.8, 4) is 16.9 Å². The van der Waals surface area contributed by atoms with Gasteiger partial charge in [-0.25, -0.2) is 0 Å². The zero-order valence-electron chi connectivity index (χ0n) is 13.5. The summed E-state index contributed by atoms with van der Waals surface area (Å²) in [6, 6.07) is 18.7. The van der Waals surface area contributed by atoms with E-state index in [2.05, 4.69) is 4.18 Å². The molecular formula is C19H11F3O4S. The number of benzene rings is 3. The van der Waals surface area contributed by atoms with Crippen LogP contribution in [0.25, 0.3) is 33.1 Å². The zero-order valence-corrected chi connectivity index (χ0v) is 14.3. The van der Waals surface area contributed by atoms with Crippen molar-refractivity contribution in [2.45, 2.75) is 5.51 Å². The second-order valence-electron chi connectivity index (χ2n) is 5.82. The zero-order chi connectivity index (χ0) is 19.2. The van der Waals surface area contributed by atoms with Gasteiger partial charge in [-0.15, -0.1) is 0 Å². The second-order valence-corrected chi connectivity index (χ2v) is 7.36. The molecular weight excluding hydrogens is 381 g/mol. The van der Waals surface area contributed by atoms with Gasteiger partial charge in [-0.2, -0.15) is 21.6 Å². The number of halogens is 3. The molecule has 0 saturated heterocycles. The van der Waals surface area contributed by atoms with Crippen molar-refractivity contribution < 1.29 is 30.2 Å². The van der Waals surface area contributed by atoms with Gasteiger partial charge in [-0.05, 0) is 41.5 Å². The Labute approximate surface area is 151 Å². The molecule has 0 aliphatic rings. The first kappa shape index (κ1) is 17.4. The Hall–Kier alpha value is -3.00. The molecule has 4 rings (SSSR count). The summed E-state index contributed by atoms with van der Waals surface area (Å²) >= 11 is 0. The fraction of sp³-hybridized carbons (Fsp3) is 0.0526. The van der Waals surface area contributed by atoms with E-state index in [0.717, 1.165) is 17.2 Å². The second kappa shape index (κ2) is 6.02. The topological polar surface area (TPSA) is 56.5 Å². The molecule has 1 heterocycles. The summed E-state index contributed by atoms with van der Waals surface area (Å²) in [6.45, 7) is 0. The standard InChI is InChI=1S/C19H11F3O4S/c20-19(21,22)27(23,24)26-14-7-9-17-16(11-14)15-8-6-13(10-18(15)25-17)12-4-2-1-3-5-12/h1-11H. The predicted octanol–water partition coefficient (Wildman–Crippen LogP) is 5.48. The van der Waals surface area contributed by atoms with Crippen LogP contribution in [0.4, 0.5) is 13.2 Å². The Morgan fingerprint density at radius 3 is 2.22 bits per heavy atom. The average Bonchev–Trinajstić information content (AvgIpc) is 2.98. The molecule has 4 nitrogen and oxygen atoms in total. The quantitative estimate of drug-likeness (QED) is 0.342. The van der Waals surface area contributed by atoms with E-state index < -0.39 is 21.4 Å². The summed E-state index contributed by atoms with van der Waals surface area (Å²) in [6.07, 6.45) is 0. The third-order valence-electron chi connectivity index (χ3n) is 4.04. The third-order valence-corrected chi connectivity index (χ3v) is 5.02. The molecule has 27 heavy (non-hydrogen) atoms. The van der Waals surface area contributed by atoms with Crippen molar-refractivity contribution in [1.82, 2.24) is 0 Å². The molecule has 0 atom stereocenters. The smallest absolute Gasteiger partial charge is 0.456 e. The van der Waals surface area contributed by atoms with Crippen molar-refractivity contribution in [1.29, 1.82) is 0 Å². The molecule has 0 spiro atoms. The average molecular weight is 392 g/mol. The maximum absolute atomic E-state index is 12.5. The minimum absolute atomic E-state index is 0.409. The van der Waals surface area contributed by atoms with Crippen LogP contribution in [0.5, 0.6) is 5.75 Å². The number of rotatable bonds is 3. The van der Waals surface area contributed by atoms with Gasteiger partial charge in [-0.3, -0.25) is 0 Å². The van der Waals surface area contributed by atoms with E-state index in [1.165, 1.54) is 12.1 Å². The van der Waals surface area contributed by atoms with Gasteiger partial charge in [0.05, 0.1) is 0 Å². The van der Waals surface area contributed by atoms with Crippen LogP contribution in [-0.4, -0.2) is 13.9 Å². The first-order valence-electron chi connectivity index (χ1n) is 7.77. The fourth-order valence-electron chi connectivity index (χ4n) is 2.79. The lowest BCUT2D eigenvalue weighted by molar-refractivity contribution is -0.0500. The van der Waals surface area contributed by atoms with E-state index >= 15 is 0 Å². The molecule has 138 valence electrons. The lowest BCUT2D eigenvalue weighted by Gasteiger charge is -2.09. The van der Waals surface area contributed by atoms with Crippen LogP contribution in [0, 0.1) is 0 Å². The molecule has 0 saturated carbocycles. The number of hydrogen-bond donors (Lipinski definition) is 0. The maximum Gasteiger partial charge on any atom is 0.534 e. The summed E-state index contributed by atoms with van der Waals surface area (Å²) in [7, 11) is -5.73. The van der Waals surface area contributed by atoms with Gasteiger partial charge in [0.2, 0.25) is 0 Å². The third kappa shape index (κ3) is 3.12. The van der Waals surface area contributed by atoms with Crippen molar-refractivity contribution in [3.63, 3.8) is 0 Å². The largest absolute Gasteiger partial charge is 0.534 e. The number of fused-ring (bicyclic) bond motifs is 3. The van der Waals surface area contributed by atoms with Crippen LogP contribution >= 0.6 is 0 Å². The molecule has 0 bridgehead atoms. The SMILES string of the molecule is O=S(=O)(Oc1ccc2oc3cc(-c4ccccc4)ccc3c2c1)C(F)(F)F. The van der Waals surface area contributed by atoms with Crippen LogP contribution in [0.15, 0.2) is 71.1 Å². The van der Waals surface area contributed by atoms with E-state index in [1.54, 1.807) is 6.07 Å². The van der Waals surface area contributed by atoms with Crippen molar-refractivity contribution >= 4 is 32.1 Å². The molecule has 0 N–H and O–H groups in total. The summed E-state index contributed by atoms with van der Waals surface area (Å²) in [5.74, 6) is -0.435. The Balaban J connectivity index is 1.79. The minimum Gasteiger partial charge on any atom is -0.456 e. The monoisotopic (exact) mass is 392 g/mol. The van der Waals surface area contributed by atoms with E-state index in [-0.39, 0.29) is 0 Å². The number of furan rings is 1. The molecule has 0 aliphatic carbocycles. The summed E-state index contributed by atoms with van der Waals surface area (Å²) in [5.41, 5.74) is -2.65. The fourth-order valence-corrected chi connectivity index (χ4v) is 3.24. The van der Waals surface area contributed by atoms with E-state index in [1.807, 2.05) is 42.5 Å². The van der Waals surface area contributed by atoms with Gasteiger partial charge in [0.1, 0.15) is 16.9 Å². The Morgan fingerprint density at radius 1 is 0.778 bits per heavy atom. The summed E-state index contributed by atoms with van der Waals surface area (Å²) in [4.78, 5) is 0. The summed E-state index contributed by atoms with van der Waals surface area (Å²) < 4.78 is 69.8. The van der Waals surface area contributed by atoms with E-state index in [0.29, 0.717) is 21.9 Å². The normalized spacial score (nSPS) is 12.6. The van der Waals surface area contributed by atoms with E-state index in [9.17, 15) is 21.6 Å². The highest BCUT2D eigenvalue weighted by molar-refractivity contribution is 7.88. The predicted molar refractivity (Wildman–Crippen MR) is 94.8 cm³/mol. The van der Waals surface area contributed by atoms with Crippen molar-refractivity contribution in [2.24, 2.45) is 0 Å². The van der Waals surface area contributed by atoms with Gasteiger partial charge >= 0.3 is 15.6 Å². The highest BCUT2D eigenvalue weighted by Gasteiger charge is 2.48. The lowest BCUT2D eigenvalue weighted by atomic mass is 10.0. The number of hydrogen-bond acceptors (Lipinski definition) is 4. The molecule has 0 amide bonds. The molecule has 0 radical (unpaired) electrons. The lowest BCUT2D eigenvalue weighted by Crippen LogP contribution is -2.28. The minimum atomic E-state index is -5.73. The molecule has 8 heteroatoms. The van der Waals surface area contributed by atoms with Crippen LogP contribution in [-0.2, 0) is 10.1 Å². The van der Waals surface area contributed by atoms with E-state index in [4.69, 9.17) is 4.42 Å². The van der Waals surface area contributed by atoms with Crippen LogP contribution in [0.1, 0.15) is 0 Å². The summed E-state index contributed by atoms with van der Waals surface area (Å²) in [5, 5.41) is 1.10. The van der Waals surface area contributed by atoms with Gasteiger partial charge < -0.3 is 8.60 Å². The Bertz CT molecular complexity index is 1240. The van der Waals surface area contributed by atoms with Crippen molar-refractivity contribution in [2.75, 3.05) is 0 Å². The van der Waals surface area contributed by atoms with Gasteiger partial charge in [-0.1, -0.05) is 36.4 Å². The molecule has 3 aromatic carbocycles. The highest BCUT2D eigenvalue weighted by atomic mass is 32.2. The molecule has 0 aliphatic heterocycles. The molecule has 0 fully saturated rings. The van der Waals surface area contributed by atoms with Crippen molar-refractivity contribution in [3.05, 3.63) is 66.7 Å². The first-order valence-corrected chi connectivity index (χ1v) is 9.18. The van der Waals surface area contributed by atoms with Crippen LogP contribution in [0.2, 0.25) is 0 Å². The highest BCUT2D eigenvalue weighted by Crippen LogP contribution is 2.35. The van der Waals surface area contributed by atoms with Gasteiger partial charge in [0.15, 0.2) is 0 Å². The number of alkyl halides is 3. The molecule has 0 unspecified atom stereocenters. The van der Waals surface area contributed by atoms with Crippen LogP contribution < -0.4 is 4.18 Å². The van der Waals surface area contributed by atoms with Crippen LogP contribution in [0.3, 0.4) is 0 Å². The Kier molecular flexibility index (Phi) is 3.88. The Morgan fingerprint density at radius 2 is 1.52 bits per heavy atom. The van der Waals surface area contributed by atoms with Gasteiger partial charge in [0.25, 0.3) is 0 Å². The molecule has 4 aromatic rings. The first-order chi connectivity index (χ1) is 12.7. The molecule has 1 aromatic heterocycles.